The van der Waals surface area contributed by atoms with E-state index in [4.69, 9.17) is 23.2 Å². The minimum Gasteiger partial charge on any atom is -0.298 e. The number of anilines is 1. The fourth-order valence-electron chi connectivity index (χ4n) is 2.78. The van der Waals surface area contributed by atoms with E-state index in [1.807, 2.05) is 42.5 Å². The summed E-state index contributed by atoms with van der Waals surface area (Å²) >= 11 is 13.8. The second kappa shape index (κ2) is 7.31. The van der Waals surface area contributed by atoms with Crippen LogP contribution in [-0.4, -0.2) is 20.7 Å². The molecule has 4 aromatic rings. The number of amides is 1. The zero-order valence-corrected chi connectivity index (χ0v) is 16.6. The maximum Gasteiger partial charge on any atom is 0.262 e. The first-order chi connectivity index (χ1) is 13.0. The van der Waals surface area contributed by atoms with Gasteiger partial charge in [-0.1, -0.05) is 64.9 Å². The number of hydrogen-bond acceptors (Lipinski definition) is 4. The normalized spacial score (nSPS) is 11.1. The number of thiazole rings is 1. The van der Waals surface area contributed by atoms with Gasteiger partial charge in [0, 0.05) is 5.02 Å². The topological polar surface area (TPSA) is 59.8 Å². The summed E-state index contributed by atoms with van der Waals surface area (Å²) in [7, 11) is 0. The molecule has 0 aliphatic heterocycles. The first-order valence-corrected chi connectivity index (χ1v) is 9.73. The van der Waals surface area contributed by atoms with E-state index in [-0.39, 0.29) is 5.91 Å². The van der Waals surface area contributed by atoms with Crippen LogP contribution in [-0.2, 0) is 6.54 Å². The van der Waals surface area contributed by atoms with Crippen molar-refractivity contribution < 1.29 is 4.79 Å². The number of carbonyl (C=O) groups is 1. The Morgan fingerprint density at radius 2 is 1.96 bits per heavy atom. The molecule has 5 nitrogen and oxygen atoms in total. The Kier molecular flexibility index (Phi) is 4.86. The van der Waals surface area contributed by atoms with Gasteiger partial charge in [0.1, 0.15) is 5.15 Å². The summed E-state index contributed by atoms with van der Waals surface area (Å²) in [5.41, 5.74) is 2.75. The third kappa shape index (κ3) is 3.69. The summed E-state index contributed by atoms with van der Waals surface area (Å²) in [5.74, 6) is -0.332. The van der Waals surface area contributed by atoms with Crippen LogP contribution in [0, 0.1) is 6.92 Å². The van der Waals surface area contributed by atoms with Crippen LogP contribution in [0.2, 0.25) is 10.2 Å². The number of aryl methyl sites for hydroxylation is 1. The average molecular weight is 417 g/mol. The van der Waals surface area contributed by atoms with Crippen molar-refractivity contribution >= 4 is 55.8 Å². The molecule has 0 saturated carbocycles. The van der Waals surface area contributed by atoms with Gasteiger partial charge < -0.3 is 0 Å². The Bertz CT molecular complexity index is 1140. The highest BCUT2D eigenvalue weighted by atomic mass is 35.5. The first-order valence-electron chi connectivity index (χ1n) is 8.15. The standard InChI is InChI=1S/C19H14Cl2N4OS/c1-11-16(17(21)25(24-11)10-12-5-3-2-4-6-12)18(26)23-19-22-14-8-7-13(20)9-15(14)27-19/h2-9H,10H2,1H3,(H,22,23,26). The quantitative estimate of drug-likeness (QED) is 0.483. The predicted molar refractivity (Wildman–Crippen MR) is 110 cm³/mol. The number of carbonyl (C=O) groups excluding carboxylic acids is 1. The fraction of sp³-hybridized carbons (Fsp3) is 0.105. The van der Waals surface area contributed by atoms with E-state index in [0.29, 0.717) is 33.1 Å². The number of halogens is 2. The van der Waals surface area contributed by atoms with Gasteiger partial charge in [-0.3, -0.25) is 10.1 Å². The molecule has 0 aliphatic carbocycles. The zero-order chi connectivity index (χ0) is 19.0. The van der Waals surface area contributed by atoms with Crippen LogP contribution in [0.5, 0.6) is 0 Å². The van der Waals surface area contributed by atoms with Crippen molar-refractivity contribution in [3.63, 3.8) is 0 Å². The monoisotopic (exact) mass is 416 g/mol. The Hall–Kier alpha value is -2.41. The number of nitrogens with zero attached hydrogens (tertiary/aromatic N) is 3. The summed E-state index contributed by atoms with van der Waals surface area (Å²) < 4.78 is 2.53. The molecule has 0 aliphatic rings. The molecule has 2 heterocycles. The first kappa shape index (κ1) is 18.0. The lowest BCUT2D eigenvalue weighted by molar-refractivity contribution is 0.102. The zero-order valence-electron chi connectivity index (χ0n) is 14.2. The number of nitrogens with one attached hydrogen (secondary N) is 1. The van der Waals surface area contributed by atoms with Crippen LogP contribution in [0.25, 0.3) is 10.2 Å². The molecule has 4 rings (SSSR count). The van der Waals surface area contributed by atoms with Crippen molar-refractivity contribution in [1.29, 1.82) is 0 Å². The maximum atomic E-state index is 12.8. The fourth-order valence-corrected chi connectivity index (χ4v) is 4.24. The highest BCUT2D eigenvalue weighted by Gasteiger charge is 2.21. The van der Waals surface area contributed by atoms with Crippen LogP contribution < -0.4 is 5.32 Å². The van der Waals surface area contributed by atoms with Gasteiger partial charge in [0.2, 0.25) is 0 Å². The van der Waals surface area contributed by atoms with Gasteiger partial charge in [0.05, 0.1) is 28.0 Å². The maximum absolute atomic E-state index is 12.8. The molecule has 2 aromatic heterocycles. The van der Waals surface area contributed by atoms with Gasteiger partial charge in [-0.05, 0) is 30.7 Å². The molecule has 0 bridgehead atoms. The smallest absolute Gasteiger partial charge is 0.262 e. The number of rotatable bonds is 4. The van der Waals surface area contributed by atoms with Gasteiger partial charge in [0.25, 0.3) is 5.91 Å². The lowest BCUT2D eigenvalue weighted by atomic mass is 10.2. The van der Waals surface area contributed by atoms with Crippen LogP contribution in [0.4, 0.5) is 5.13 Å². The second-order valence-corrected chi connectivity index (χ2v) is 7.80. The van der Waals surface area contributed by atoms with Crippen molar-refractivity contribution in [2.24, 2.45) is 0 Å². The highest BCUT2D eigenvalue weighted by Crippen LogP contribution is 2.29. The molecule has 0 spiro atoms. The molecule has 0 unspecified atom stereocenters. The van der Waals surface area contributed by atoms with Crippen molar-refractivity contribution in [1.82, 2.24) is 14.8 Å². The van der Waals surface area contributed by atoms with Gasteiger partial charge in [0.15, 0.2) is 5.13 Å². The number of aromatic nitrogens is 3. The lowest BCUT2D eigenvalue weighted by Gasteiger charge is -2.04. The Balaban J connectivity index is 1.59. The second-order valence-electron chi connectivity index (χ2n) is 5.98. The van der Waals surface area contributed by atoms with Gasteiger partial charge in [-0.15, -0.1) is 0 Å². The third-order valence-corrected chi connectivity index (χ3v) is 5.59. The van der Waals surface area contributed by atoms with E-state index in [2.05, 4.69) is 15.4 Å². The Morgan fingerprint density at radius 3 is 2.74 bits per heavy atom. The molecule has 0 atom stereocenters. The Labute approximate surface area is 169 Å². The predicted octanol–water partition coefficient (Wildman–Crippen LogP) is 5.41. The molecule has 27 heavy (non-hydrogen) atoms. The molecular weight excluding hydrogens is 403 g/mol. The van der Waals surface area contributed by atoms with Crippen LogP contribution >= 0.6 is 34.5 Å². The summed E-state index contributed by atoms with van der Waals surface area (Å²) in [5, 5.41) is 8.65. The van der Waals surface area contributed by atoms with Gasteiger partial charge >= 0.3 is 0 Å². The minimum absolute atomic E-state index is 0.304. The highest BCUT2D eigenvalue weighted by molar-refractivity contribution is 7.22. The van der Waals surface area contributed by atoms with Crippen molar-refractivity contribution in [3.8, 4) is 0 Å². The third-order valence-electron chi connectivity index (χ3n) is 4.04. The largest absolute Gasteiger partial charge is 0.298 e. The van der Waals surface area contributed by atoms with Gasteiger partial charge in [-0.25, -0.2) is 9.67 Å². The van der Waals surface area contributed by atoms with E-state index >= 15 is 0 Å². The van der Waals surface area contributed by atoms with E-state index in [1.54, 1.807) is 17.7 Å². The molecule has 1 amide bonds. The summed E-state index contributed by atoms with van der Waals surface area (Å²) in [6.45, 7) is 2.26. The van der Waals surface area contributed by atoms with Crippen molar-refractivity contribution in [2.75, 3.05) is 5.32 Å². The van der Waals surface area contributed by atoms with Crippen molar-refractivity contribution in [2.45, 2.75) is 13.5 Å². The molecule has 8 heteroatoms. The molecule has 0 fully saturated rings. The van der Waals surface area contributed by atoms with Gasteiger partial charge in [-0.2, -0.15) is 5.10 Å². The molecule has 0 saturated heterocycles. The molecule has 0 radical (unpaired) electrons. The lowest BCUT2D eigenvalue weighted by Crippen LogP contribution is -2.13. The molecule has 2 aromatic carbocycles. The Morgan fingerprint density at radius 1 is 1.19 bits per heavy atom. The molecular formula is C19H14Cl2N4OS. The summed E-state index contributed by atoms with van der Waals surface area (Å²) in [6, 6.07) is 15.2. The number of benzene rings is 2. The number of hydrogen-bond donors (Lipinski definition) is 1. The van der Waals surface area contributed by atoms with E-state index in [0.717, 1.165) is 15.8 Å². The number of fused-ring (bicyclic) bond motifs is 1. The molecule has 136 valence electrons. The van der Waals surface area contributed by atoms with E-state index < -0.39 is 0 Å². The van der Waals surface area contributed by atoms with Crippen LogP contribution in [0.3, 0.4) is 0 Å². The van der Waals surface area contributed by atoms with Crippen LogP contribution in [0.15, 0.2) is 48.5 Å². The van der Waals surface area contributed by atoms with E-state index in [9.17, 15) is 4.79 Å². The minimum atomic E-state index is -0.332. The van der Waals surface area contributed by atoms with Crippen molar-refractivity contribution in [3.05, 3.63) is 75.5 Å². The van der Waals surface area contributed by atoms with Crippen LogP contribution in [0.1, 0.15) is 21.6 Å². The van der Waals surface area contributed by atoms with E-state index in [1.165, 1.54) is 11.3 Å². The SMILES string of the molecule is Cc1nn(Cc2ccccc2)c(Cl)c1C(=O)Nc1nc2ccc(Cl)cc2s1. The summed E-state index contributed by atoms with van der Waals surface area (Å²) in [6.07, 6.45) is 0. The summed E-state index contributed by atoms with van der Waals surface area (Å²) in [4.78, 5) is 17.2. The average Bonchev–Trinajstić information content (AvgIpc) is 3.15. The molecule has 1 N–H and O–H groups in total.